The third-order valence-electron chi connectivity index (χ3n) is 3.24. The van der Waals surface area contributed by atoms with Gasteiger partial charge in [0, 0.05) is 17.2 Å². The molecule has 108 valence electrons. The Bertz CT molecular complexity index is 622. The molecule has 2 aromatic rings. The van der Waals surface area contributed by atoms with E-state index < -0.39 is 0 Å². The number of hydrogen-bond donors (Lipinski definition) is 1. The summed E-state index contributed by atoms with van der Waals surface area (Å²) in [5.41, 5.74) is 1.43. The van der Waals surface area contributed by atoms with Crippen molar-refractivity contribution in [1.29, 1.82) is 0 Å². The zero-order valence-corrected chi connectivity index (χ0v) is 12.0. The molecule has 1 N–H and O–H groups in total. The van der Waals surface area contributed by atoms with Crippen LogP contribution in [0.15, 0.2) is 36.7 Å². The van der Waals surface area contributed by atoms with Gasteiger partial charge in [0.2, 0.25) is 0 Å². The van der Waals surface area contributed by atoms with Gasteiger partial charge in [-0.25, -0.2) is 9.97 Å². The van der Waals surface area contributed by atoms with Crippen molar-refractivity contribution < 1.29 is 9.53 Å². The molecule has 5 nitrogen and oxygen atoms in total. The maximum Gasteiger partial charge on any atom is 0.253 e. The van der Waals surface area contributed by atoms with Crippen molar-refractivity contribution in [2.75, 3.05) is 11.9 Å². The number of carbonyl (C=O) groups excluding carboxylic acids is 1. The summed E-state index contributed by atoms with van der Waals surface area (Å²) in [5.74, 6) is 0.442. The van der Waals surface area contributed by atoms with Gasteiger partial charge in [-0.3, -0.25) is 4.79 Å². The van der Waals surface area contributed by atoms with Gasteiger partial charge in [-0.05, 0) is 37.1 Å². The first-order valence-electron chi connectivity index (χ1n) is 6.73. The van der Waals surface area contributed by atoms with Crippen LogP contribution in [-0.2, 0) is 9.53 Å². The van der Waals surface area contributed by atoms with Crippen LogP contribution in [0.1, 0.15) is 12.8 Å². The number of nitrogens with zero attached hydrogens (tertiary/aromatic N) is 2. The maximum absolute atomic E-state index is 11.9. The van der Waals surface area contributed by atoms with E-state index in [0.29, 0.717) is 23.1 Å². The molecule has 1 saturated heterocycles. The Kier molecular flexibility index (Phi) is 4.13. The van der Waals surface area contributed by atoms with E-state index in [1.165, 1.54) is 0 Å². The van der Waals surface area contributed by atoms with E-state index in [0.717, 1.165) is 18.4 Å². The Morgan fingerprint density at radius 1 is 1.24 bits per heavy atom. The van der Waals surface area contributed by atoms with Crippen molar-refractivity contribution in [3.63, 3.8) is 0 Å². The predicted molar refractivity (Wildman–Crippen MR) is 80.1 cm³/mol. The highest BCUT2D eigenvalue weighted by Gasteiger charge is 2.23. The van der Waals surface area contributed by atoms with Crippen LogP contribution in [0.4, 0.5) is 5.69 Å². The van der Waals surface area contributed by atoms with Crippen LogP contribution >= 0.6 is 11.6 Å². The summed E-state index contributed by atoms with van der Waals surface area (Å²) in [5, 5.41) is 3.43. The van der Waals surface area contributed by atoms with Crippen LogP contribution in [0.3, 0.4) is 0 Å². The van der Waals surface area contributed by atoms with Gasteiger partial charge < -0.3 is 10.1 Å². The molecule has 1 aliphatic rings. The fraction of sp³-hybridized carbons (Fsp3) is 0.267. The van der Waals surface area contributed by atoms with E-state index in [2.05, 4.69) is 15.3 Å². The lowest BCUT2D eigenvalue weighted by atomic mass is 10.2. The molecule has 3 rings (SSSR count). The molecule has 1 fully saturated rings. The minimum atomic E-state index is -0.360. The van der Waals surface area contributed by atoms with Crippen molar-refractivity contribution in [2.24, 2.45) is 0 Å². The van der Waals surface area contributed by atoms with E-state index in [-0.39, 0.29) is 12.0 Å². The SMILES string of the molecule is O=C(Nc1cnc(-c2ccc(Cl)cc2)nc1)C1CCCO1. The summed E-state index contributed by atoms with van der Waals surface area (Å²) >= 11 is 5.84. The molecule has 0 bridgehead atoms. The number of nitrogens with one attached hydrogen (secondary N) is 1. The second kappa shape index (κ2) is 6.20. The number of carbonyl (C=O) groups is 1. The number of benzene rings is 1. The van der Waals surface area contributed by atoms with Crippen LogP contribution in [0.25, 0.3) is 11.4 Å². The molecule has 21 heavy (non-hydrogen) atoms. The Morgan fingerprint density at radius 2 is 1.95 bits per heavy atom. The number of aromatic nitrogens is 2. The first-order chi connectivity index (χ1) is 10.2. The minimum absolute atomic E-state index is 0.143. The lowest BCUT2D eigenvalue weighted by molar-refractivity contribution is -0.124. The number of anilines is 1. The standard InChI is InChI=1S/C15H14ClN3O2/c16-11-5-3-10(4-6-11)14-17-8-12(9-18-14)19-15(20)13-2-1-7-21-13/h3-6,8-9,13H,1-2,7H2,(H,19,20). The van der Waals surface area contributed by atoms with E-state index in [1.807, 2.05) is 12.1 Å². The van der Waals surface area contributed by atoms with Gasteiger partial charge in [0.05, 0.1) is 18.1 Å². The second-order valence-corrected chi connectivity index (χ2v) is 5.23. The van der Waals surface area contributed by atoms with Crippen LogP contribution in [0.2, 0.25) is 5.02 Å². The molecular formula is C15H14ClN3O2. The molecular weight excluding hydrogens is 290 g/mol. The fourth-order valence-electron chi connectivity index (χ4n) is 2.15. The smallest absolute Gasteiger partial charge is 0.253 e. The first kappa shape index (κ1) is 14.0. The Balaban J connectivity index is 1.69. The third-order valence-corrected chi connectivity index (χ3v) is 3.50. The summed E-state index contributed by atoms with van der Waals surface area (Å²) in [7, 11) is 0. The lowest BCUT2D eigenvalue weighted by Crippen LogP contribution is -2.26. The minimum Gasteiger partial charge on any atom is -0.368 e. The topological polar surface area (TPSA) is 64.1 Å². The molecule has 0 radical (unpaired) electrons. The molecule has 2 heterocycles. The van der Waals surface area contributed by atoms with E-state index in [9.17, 15) is 4.79 Å². The molecule has 1 aliphatic heterocycles. The highest BCUT2D eigenvalue weighted by atomic mass is 35.5. The van der Waals surface area contributed by atoms with Gasteiger partial charge >= 0.3 is 0 Å². The van der Waals surface area contributed by atoms with E-state index >= 15 is 0 Å². The molecule has 1 aromatic carbocycles. The van der Waals surface area contributed by atoms with Crippen LogP contribution < -0.4 is 5.32 Å². The second-order valence-electron chi connectivity index (χ2n) is 4.79. The lowest BCUT2D eigenvalue weighted by Gasteiger charge is -2.10. The number of amides is 1. The average Bonchev–Trinajstić information content (AvgIpc) is 3.03. The normalized spacial score (nSPS) is 17.7. The summed E-state index contributed by atoms with van der Waals surface area (Å²) in [6.45, 7) is 0.643. The highest BCUT2D eigenvalue weighted by molar-refractivity contribution is 6.30. The molecule has 0 aliphatic carbocycles. The molecule has 1 amide bonds. The molecule has 0 spiro atoms. The monoisotopic (exact) mass is 303 g/mol. The summed E-state index contributed by atoms with van der Waals surface area (Å²) < 4.78 is 5.33. The number of halogens is 1. The maximum atomic E-state index is 11.9. The van der Waals surface area contributed by atoms with Crippen molar-refractivity contribution in [3.05, 3.63) is 41.7 Å². The summed E-state index contributed by atoms with van der Waals surface area (Å²) in [6.07, 6.45) is 4.49. The molecule has 0 saturated carbocycles. The molecule has 1 unspecified atom stereocenters. The average molecular weight is 304 g/mol. The quantitative estimate of drug-likeness (QED) is 0.947. The molecule has 1 aromatic heterocycles. The first-order valence-corrected chi connectivity index (χ1v) is 7.10. The Morgan fingerprint density at radius 3 is 2.57 bits per heavy atom. The van der Waals surface area contributed by atoms with Gasteiger partial charge in [0.25, 0.3) is 5.91 Å². The number of hydrogen-bond acceptors (Lipinski definition) is 4. The van der Waals surface area contributed by atoms with Crippen molar-refractivity contribution in [1.82, 2.24) is 9.97 Å². The highest BCUT2D eigenvalue weighted by Crippen LogP contribution is 2.19. The largest absolute Gasteiger partial charge is 0.368 e. The number of ether oxygens (including phenoxy) is 1. The fourth-order valence-corrected chi connectivity index (χ4v) is 2.27. The van der Waals surface area contributed by atoms with Crippen molar-refractivity contribution in [2.45, 2.75) is 18.9 Å². The number of rotatable bonds is 3. The van der Waals surface area contributed by atoms with Gasteiger partial charge in [-0.2, -0.15) is 0 Å². The molecule has 1 atom stereocenters. The zero-order valence-electron chi connectivity index (χ0n) is 11.3. The van der Waals surface area contributed by atoms with Crippen molar-refractivity contribution >= 4 is 23.2 Å². The van der Waals surface area contributed by atoms with Crippen LogP contribution in [-0.4, -0.2) is 28.6 Å². The van der Waals surface area contributed by atoms with Gasteiger partial charge in [-0.15, -0.1) is 0 Å². The van der Waals surface area contributed by atoms with Gasteiger partial charge in [-0.1, -0.05) is 11.6 Å². The van der Waals surface area contributed by atoms with E-state index in [4.69, 9.17) is 16.3 Å². The van der Waals surface area contributed by atoms with Crippen LogP contribution in [0, 0.1) is 0 Å². The Labute approximate surface area is 127 Å². The zero-order chi connectivity index (χ0) is 14.7. The Hall–Kier alpha value is -1.98. The predicted octanol–water partition coefficient (Wildman–Crippen LogP) is 2.91. The van der Waals surface area contributed by atoms with Crippen molar-refractivity contribution in [3.8, 4) is 11.4 Å². The van der Waals surface area contributed by atoms with E-state index in [1.54, 1.807) is 24.5 Å². The third kappa shape index (κ3) is 3.37. The molecule has 6 heteroatoms. The van der Waals surface area contributed by atoms with Crippen LogP contribution in [0.5, 0.6) is 0 Å². The van der Waals surface area contributed by atoms with Gasteiger partial charge in [0.1, 0.15) is 6.10 Å². The summed E-state index contributed by atoms with van der Waals surface area (Å²) in [4.78, 5) is 20.4. The van der Waals surface area contributed by atoms with Gasteiger partial charge in [0.15, 0.2) is 5.82 Å². The summed E-state index contributed by atoms with van der Waals surface area (Å²) in [6, 6.07) is 7.27.